The Kier molecular flexibility index (Phi) is 7.68. The molecule has 0 aliphatic rings. The number of benzene rings is 1. The van der Waals surface area contributed by atoms with Gasteiger partial charge in [0.25, 0.3) is 0 Å². The molecular formula is C17H26FN3O2. The molecule has 1 atom stereocenters. The van der Waals surface area contributed by atoms with E-state index in [0.717, 1.165) is 5.56 Å². The molecule has 0 saturated carbocycles. The van der Waals surface area contributed by atoms with Crippen LogP contribution >= 0.6 is 0 Å². The molecule has 23 heavy (non-hydrogen) atoms. The predicted octanol–water partition coefficient (Wildman–Crippen LogP) is 1.63. The Morgan fingerprint density at radius 2 is 2.00 bits per heavy atom. The molecule has 0 fully saturated rings. The molecule has 0 heterocycles. The van der Waals surface area contributed by atoms with Crippen molar-refractivity contribution in [2.75, 3.05) is 26.7 Å². The lowest BCUT2D eigenvalue weighted by molar-refractivity contribution is -0.136. The van der Waals surface area contributed by atoms with Crippen molar-refractivity contribution in [1.82, 2.24) is 15.1 Å². The fourth-order valence-corrected chi connectivity index (χ4v) is 2.42. The van der Waals surface area contributed by atoms with Gasteiger partial charge in [0.2, 0.25) is 11.8 Å². The van der Waals surface area contributed by atoms with Gasteiger partial charge in [-0.3, -0.25) is 14.5 Å². The second-order valence-electron chi connectivity index (χ2n) is 5.52. The Hall–Kier alpha value is -1.95. The number of carbonyl (C=O) groups excluding carboxylic acids is 2. The summed E-state index contributed by atoms with van der Waals surface area (Å²) in [6.45, 7) is 7.24. The second kappa shape index (κ2) is 9.25. The van der Waals surface area contributed by atoms with E-state index in [1.54, 1.807) is 31.0 Å². The smallest absolute Gasteiger partial charge is 0.239 e. The third-order valence-electron chi connectivity index (χ3n) is 3.72. The van der Waals surface area contributed by atoms with Crippen molar-refractivity contribution in [3.63, 3.8) is 0 Å². The number of hydrogen-bond donors (Lipinski definition) is 1. The minimum absolute atomic E-state index is 0.0956. The van der Waals surface area contributed by atoms with Gasteiger partial charge in [0.15, 0.2) is 0 Å². The van der Waals surface area contributed by atoms with Crippen LogP contribution in [-0.2, 0) is 16.1 Å². The number of nitrogens with one attached hydrogen (secondary N) is 1. The number of likely N-dealkylation sites (N-methyl/N-ethyl adjacent to an activating group) is 3. The number of amides is 2. The van der Waals surface area contributed by atoms with Crippen LogP contribution in [0.4, 0.5) is 4.39 Å². The van der Waals surface area contributed by atoms with Crippen molar-refractivity contribution >= 4 is 11.8 Å². The van der Waals surface area contributed by atoms with Gasteiger partial charge in [0, 0.05) is 20.1 Å². The maximum Gasteiger partial charge on any atom is 0.239 e. The van der Waals surface area contributed by atoms with E-state index in [0.29, 0.717) is 19.6 Å². The summed E-state index contributed by atoms with van der Waals surface area (Å²) in [5.74, 6) is -0.509. The standard InChI is InChI=1S/C17H26FN3O2/c1-5-19-16(22)12-21(6-2)13(3)17(23)20(4)11-14-8-7-9-15(18)10-14/h7-10,13H,5-6,11-12H2,1-4H3,(H,19,22)/t13-/m0/s1. The van der Waals surface area contributed by atoms with Gasteiger partial charge < -0.3 is 10.2 Å². The van der Waals surface area contributed by atoms with Crippen LogP contribution in [0.3, 0.4) is 0 Å². The minimum atomic E-state index is -0.416. The van der Waals surface area contributed by atoms with E-state index in [-0.39, 0.29) is 24.2 Å². The van der Waals surface area contributed by atoms with E-state index < -0.39 is 6.04 Å². The van der Waals surface area contributed by atoms with Crippen molar-refractivity contribution < 1.29 is 14.0 Å². The van der Waals surface area contributed by atoms with Gasteiger partial charge in [0.1, 0.15) is 5.82 Å². The van der Waals surface area contributed by atoms with Crippen LogP contribution in [0.5, 0.6) is 0 Å². The fourth-order valence-electron chi connectivity index (χ4n) is 2.42. The van der Waals surface area contributed by atoms with Gasteiger partial charge in [-0.15, -0.1) is 0 Å². The summed E-state index contributed by atoms with van der Waals surface area (Å²) in [6.07, 6.45) is 0. The molecule has 0 aliphatic heterocycles. The van der Waals surface area contributed by atoms with Gasteiger partial charge in [-0.1, -0.05) is 19.1 Å². The van der Waals surface area contributed by atoms with Crippen molar-refractivity contribution in [3.8, 4) is 0 Å². The average Bonchev–Trinajstić information content (AvgIpc) is 2.51. The van der Waals surface area contributed by atoms with Crippen LogP contribution in [-0.4, -0.2) is 54.3 Å². The largest absolute Gasteiger partial charge is 0.355 e. The molecule has 6 heteroatoms. The lowest BCUT2D eigenvalue weighted by atomic mass is 10.2. The number of carbonyl (C=O) groups is 2. The number of nitrogens with zero attached hydrogens (tertiary/aromatic N) is 2. The fraction of sp³-hybridized carbons (Fsp3) is 0.529. The monoisotopic (exact) mass is 323 g/mol. The Morgan fingerprint density at radius 3 is 2.57 bits per heavy atom. The molecule has 0 unspecified atom stereocenters. The van der Waals surface area contributed by atoms with Gasteiger partial charge >= 0.3 is 0 Å². The second-order valence-corrected chi connectivity index (χ2v) is 5.52. The summed E-state index contributed by atoms with van der Waals surface area (Å²) >= 11 is 0. The summed E-state index contributed by atoms with van der Waals surface area (Å²) < 4.78 is 13.2. The molecule has 1 aromatic rings. The highest BCUT2D eigenvalue weighted by Gasteiger charge is 2.24. The zero-order valence-electron chi connectivity index (χ0n) is 14.3. The Labute approximate surface area is 137 Å². The minimum Gasteiger partial charge on any atom is -0.355 e. The van der Waals surface area contributed by atoms with Crippen LogP contribution in [0.2, 0.25) is 0 Å². The average molecular weight is 323 g/mol. The van der Waals surface area contributed by atoms with Crippen LogP contribution in [0.15, 0.2) is 24.3 Å². The highest BCUT2D eigenvalue weighted by molar-refractivity contribution is 5.83. The SMILES string of the molecule is CCNC(=O)CN(CC)[C@@H](C)C(=O)N(C)Cc1cccc(F)c1. The molecule has 0 saturated heterocycles. The number of rotatable bonds is 8. The Bertz CT molecular complexity index is 536. The summed E-state index contributed by atoms with van der Waals surface area (Å²) in [7, 11) is 1.68. The lowest BCUT2D eigenvalue weighted by Gasteiger charge is -2.29. The molecule has 1 aromatic carbocycles. The first-order valence-corrected chi connectivity index (χ1v) is 7.89. The first-order valence-electron chi connectivity index (χ1n) is 7.89. The third kappa shape index (κ3) is 5.98. The summed E-state index contributed by atoms with van der Waals surface area (Å²) in [5.41, 5.74) is 0.736. The molecule has 1 rings (SSSR count). The quantitative estimate of drug-likeness (QED) is 0.791. The summed E-state index contributed by atoms with van der Waals surface area (Å²) in [5, 5.41) is 2.73. The third-order valence-corrected chi connectivity index (χ3v) is 3.72. The van der Waals surface area contributed by atoms with E-state index in [4.69, 9.17) is 0 Å². The molecule has 128 valence electrons. The van der Waals surface area contributed by atoms with E-state index in [1.807, 2.05) is 18.7 Å². The van der Waals surface area contributed by atoms with Crippen LogP contribution in [0, 0.1) is 5.82 Å². The van der Waals surface area contributed by atoms with Gasteiger partial charge in [0.05, 0.1) is 12.6 Å². The van der Waals surface area contributed by atoms with Gasteiger partial charge in [-0.2, -0.15) is 0 Å². The van der Waals surface area contributed by atoms with Gasteiger partial charge in [-0.05, 0) is 38.1 Å². The Morgan fingerprint density at radius 1 is 1.30 bits per heavy atom. The normalized spacial score (nSPS) is 12.1. The molecule has 0 spiro atoms. The summed E-state index contributed by atoms with van der Waals surface area (Å²) in [4.78, 5) is 27.6. The first-order chi connectivity index (χ1) is 10.9. The van der Waals surface area contributed by atoms with Crippen molar-refractivity contribution in [2.45, 2.75) is 33.4 Å². The molecule has 0 radical (unpaired) electrons. The van der Waals surface area contributed by atoms with E-state index in [1.165, 1.54) is 12.1 Å². The molecular weight excluding hydrogens is 297 g/mol. The molecule has 0 aromatic heterocycles. The highest BCUT2D eigenvalue weighted by Crippen LogP contribution is 2.09. The Balaban J connectivity index is 2.67. The van der Waals surface area contributed by atoms with E-state index in [2.05, 4.69) is 5.32 Å². The van der Waals surface area contributed by atoms with Crippen LogP contribution in [0.25, 0.3) is 0 Å². The zero-order chi connectivity index (χ0) is 17.4. The predicted molar refractivity (Wildman–Crippen MR) is 88.3 cm³/mol. The zero-order valence-corrected chi connectivity index (χ0v) is 14.3. The molecule has 2 amide bonds. The topological polar surface area (TPSA) is 52.7 Å². The molecule has 5 nitrogen and oxygen atoms in total. The van der Waals surface area contributed by atoms with Crippen molar-refractivity contribution in [2.24, 2.45) is 0 Å². The van der Waals surface area contributed by atoms with E-state index >= 15 is 0 Å². The lowest BCUT2D eigenvalue weighted by Crippen LogP contribution is -2.49. The molecule has 1 N–H and O–H groups in total. The first kappa shape index (κ1) is 19.1. The van der Waals surface area contributed by atoms with Crippen LogP contribution < -0.4 is 5.32 Å². The maximum absolute atomic E-state index is 13.2. The maximum atomic E-state index is 13.2. The number of halogens is 1. The summed E-state index contributed by atoms with van der Waals surface area (Å²) in [6, 6.07) is 5.78. The van der Waals surface area contributed by atoms with Gasteiger partial charge in [-0.25, -0.2) is 4.39 Å². The molecule has 0 bridgehead atoms. The molecule has 0 aliphatic carbocycles. The number of hydrogen-bond acceptors (Lipinski definition) is 3. The highest BCUT2D eigenvalue weighted by atomic mass is 19.1. The van der Waals surface area contributed by atoms with Crippen molar-refractivity contribution in [1.29, 1.82) is 0 Å². The van der Waals surface area contributed by atoms with E-state index in [9.17, 15) is 14.0 Å². The van der Waals surface area contributed by atoms with Crippen LogP contribution in [0.1, 0.15) is 26.3 Å². The van der Waals surface area contributed by atoms with Crippen molar-refractivity contribution in [3.05, 3.63) is 35.6 Å².